The molecule has 0 saturated carbocycles. The van der Waals surface area contributed by atoms with Crippen molar-refractivity contribution in [3.05, 3.63) is 34.8 Å². The van der Waals surface area contributed by atoms with Crippen molar-refractivity contribution in [2.75, 3.05) is 18.0 Å². The van der Waals surface area contributed by atoms with Crippen LogP contribution in [-0.2, 0) is 6.42 Å². The molecule has 0 aromatic carbocycles. The molecule has 1 aliphatic heterocycles. The number of rotatable bonds is 3. The molecule has 0 radical (unpaired) electrons. The third-order valence-corrected chi connectivity index (χ3v) is 5.88. The summed E-state index contributed by atoms with van der Waals surface area (Å²) < 4.78 is 1.73. The molecule has 29 heavy (non-hydrogen) atoms. The molecule has 0 spiro atoms. The second-order valence-corrected chi connectivity index (χ2v) is 8.90. The predicted molar refractivity (Wildman–Crippen MR) is 109 cm³/mol. The number of hydrogen-bond donors (Lipinski definition) is 2. The molecule has 8 nitrogen and oxygen atoms in total. The van der Waals surface area contributed by atoms with E-state index in [4.69, 9.17) is 5.73 Å². The second kappa shape index (κ2) is 6.95. The lowest BCUT2D eigenvalue weighted by Gasteiger charge is -2.32. The van der Waals surface area contributed by atoms with E-state index in [1.165, 1.54) is 6.20 Å². The number of anilines is 1. The van der Waals surface area contributed by atoms with Gasteiger partial charge in [0.15, 0.2) is 11.6 Å². The fourth-order valence-electron chi connectivity index (χ4n) is 4.44. The molecule has 154 valence electrons. The van der Waals surface area contributed by atoms with Gasteiger partial charge in [0, 0.05) is 31.8 Å². The number of nitrogens with zero attached hydrogens (tertiary/aromatic N) is 4. The molecule has 3 N–H and O–H groups in total. The number of Topliss-reactive ketones (excluding diaryl/α,β-unsaturated/α-hetero) is 1. The molecule has 4 rings (SSSR count). The van der Waals surface area contributed by atoms with Crippen molar-refractivity contribution < 1.29 is 14.7 Å². The molecular formula is C21H27N5O3. The number of carbonyl (C=O) groups excluding carboxylic acids is 2. The lowest BCUT2D eigenvalue weighted by Crippen LogP contribution is -2.37. The van der Waals surface area contributed by atoms with Gasteiger partial charge in [0.1, 0.15) is 0 Å². The molecule has 1 amide bonds. The van der Waals surface area contributed by atoms with E-state index in [2.05, 4.69) is 28.8 Å². The van der Waals surface area contributed by atoms with E-state index in [9.17, 15) is 14.7 Å². The first-order valence-corrected chi connectivity index (χ1v) is 10.0. The summed E-state index contributed by atoms with van der Waals surface area (Å²) in [5.41, 5.74) is 8.73. The van der Waals surface area contributed by atoms with Crippen LogP contribution in [0.4, 0.5) is 5.69 Å². The molecule has 2 aromatic heterocycles. The highest BCUT2D eigenvalue weighted by Gasteiger charge is 2.36. The number of pyridine rings is 1. The predicted octanol–water partition coefficient (Wildman–Crippen LogP) is 1.79. The zero-order valence-corrected chi connectivity index (χ0v) is 17.1. The molecule has 2 aromatic rings. The molecule has 0 atom stereocenters. The molecule has 8 heteroatoms. The molecular weight excluding hydrogens is 370 g/mol. The summed E-state index contributed by atoms with van der Waals surface area (Å²) in [4.78, 5) is 31.2. The van der Waals surface area contributed by atoms with Crippen molar-refractivity contribution in [3.8, 4) is 5.82 Å². The Bertz CT molecular complexity index is 986. The second-order valence-electron chi connectivity index (χ2n) is 8.90. The van der Waals surface area contributed by atoms with Crippen LogP contribution < -0.4 is 10.6 Å². The quantitative estimate of drug-likeness (QED) is 0.816. The van der Waals surface area contributed by atoms with Crippen LogP contribution >= 0.6 is 0 Å². The zero-order valence-electron chi connectivity index (χ0n) is 17.1. The Balaban J connectivity index is 1.81. The topological polar surface area (TPSA) is 114 Å². The minimum absolute atomic E-state index is 0.110. The summed E-state index contributed by atoms with van der Waals surface area (Å²) in [6.07, 6.45) is 3.65. The molecule has 3 heterocycles. The van der Waals surface area contributed by atoms with Gasteiger partial charge in [0.05, 0.1) is 34.3 Å². The highest BCUT2D eigenvalue weighted by molar-refractivity contribution is 6.00. The van der Waals surface area contributed by atoms with E-state index in [0.29, 0.717) is 60.7 Å². The average molecular weight is 397 g/mol. The number of ketones is 1. The Kier molecular flexibility index (Phi) is 4.69. The third-order valence-electron chi connectivity index (χ3n) is 5.88. The van der Waals surface area contributed by atoms with Gasteiger partial charge in [0.2, 0.25) is 0 Å². The maximum absolute atomic E-state index is 12.7. The summed E-state index contributed by atoms with van der Waals surface area (Å²) in [6, 6.07) is 1.82. The number of fused-ring (bicyclic) bond motifs is 1. The van der Waals surface area contributed by atoms with Gasteiger partial charge < -0.3 is 15.7 Å². The summed E-state index contributed by atoms with van der Waals surface area (Å²) in [6.45, 7) is 7.26. The molecule has 0 unspecified atom stereocenters. The average Bonchev–Trinajstić information content (AvgIpc) is 2.97. The van der Waals surface area contributed by atoms with Crippen molar-refractivity contribution in [1.29, 1.82) is 0 Å². The summed E-state index contributed by atoms with van der Waals surface area (Å²) in [5.74, 6) is 0.130. The number of carbonyl (C=O) groups is 2. The van der Waals surface area contributed by atoms with Crippen LogP contribution in [0.15, 0.2) is 12.3 Å². The first-order valence-electron chi connectivity index (χ1n) is 10.0. The largest absolute Gasteiger partial charge is 0.393 e. The maximum Gasteiger partial charge on any atom is 0.252 e. The molecule has 1 fully saturated rings. The van der Waals surface area contributed by atoms with E-state index >= 15 is 0 Å². The maximum atomic E-state index is 12.7. The number of aromatic nitrogens is 3. The van der Waals surface area contributed by atoms with Crippen LogP contribution in [0.1, 0.15) is 65.2 Å². The van der Waals surface area contributed by atoms with Crippen molar-refractivity contribution in [1.82, 2.24) is 14.8 Å². The third kappa shape index (κ3) is 3.53. The standard InChI is InChI=1S/C21H27N5O3/c1-12-19-16(9-21(2,3)10-17(19)28)26(24-12)18-8-15(14(11-23-18)20(22)29)25-6-4-13(27)5-7-25/h8,11,13,27H,4-7,9-10H2,1-3H3,(H2,22,29). The van der Waals surface area contributed by atoms with Gasteiger partial charge in [-0.15, -0.1) is 0 Å². The number of nitrogens with two attached hydrogens (primary N) is 1. The van der Waals surface area contributed by atoms with Gasteiger partial charge in [-0.05, 0) is 31.6 Å². The Labute approximate surface area is 169 Å². The fourth-order valence-corrected chi connectivity index (χ4v) is 4.44. The van der Waals surface area contributed by atoms with Crippen molar-refractivity contribution in [2.24, 2.45) is 11.1 Å². The number of aliphatic hydroxyl groups is 1. The Hall–Kier alpha value is -2.74. The van der Waals surface area contributed by atoms with E-state index < -0.39 is 5.91 Å². The van der Waals surface area contributed by atoms with E-state index in [-0.39, 0.29) is 17.3 Å². The molecule has 1 saturated heterocycles. The number of aliphatic hydroxyl groups excluding tert-OH is 1. The molecule has 1 aliphatic carbocycles. The lowest BCUT2D eigenvalue weighted by atomic mass is 9.75. The van der Waals surface area contributed by atoms with Crippen LogP contribution in [0.25, 0.3) is 5.82 Å². The summed E-state index contributed by atoms with van der Waals surface area (Å²) in [7, 11) is 0. The minimum Gasteiger partial charge on any atom is -0.393 e. The van der Waals surface area contributed by atoms with E-state index in [1.54, 1.807) is 4.68 Å². The van der Waals surface area contributed by atoms with Gasteiger partial charge in [-0.1, -0.05) is 13.8 Å². The zero-order chi connectivity index (χ0) is 20.9. The highest BCUT2D eigenvalue weighted by Crippen LogP contribution is 2.37. The first kappa shape index (κ1) is 19.6. The van der Waals surface area contributed by atoms with Gasteiger partial charge >= 0.3 is 0 Å². The normalized spacial score (nSPS) is 19.3. The van der Waals surface area contributed by atoms with Crippen LogP contribution in [0, 0.1) is 12.3 Å². The lowest BCUT2D eigenvalue weighted by molar-refractivity contribution is 0.0909. The Morgan fingerprint density at radius 3 is 2.62 bits per heavy atom. The van der Waals surface area contributed by atoms with Crippen LogP contribution in [0.2, 0.25) is 0 Å². The smallest absolute Gasteiger partial charge is 0.252 e. The van der Waals surface area contributed by atoms with Gasteiger partial charge in [-0.25, -0.2) is 9.67 Å². The van der Waals surface area contributed by atoms with Crippen molar-refractivity contribution >= 4 is 17.4 Å². The van der Waals surface area contributed by atoms with Crippen LogP contribution in [-0.4, -0.2) is 50.8 Å². The SMILES string of the molecule is Cc1nn(-c2cc(N3CCC(O)CC3)c(C(N)=O)cn2)c2c1C(=O)CC(C)(C)C2. The summed E-state index contributed by atoms with van der Waals surface area (Å²) in [5, 5.41) is 14.4. The number of amides is 1. The number of hydrogen-bond acceptors (Lipinski definition) is 6. The minimum atomic E-state index is -0.542. The van der Waals surface area contributed by atoms with Crippen LogP contribution in [0.5, 0.6) is 0 Å². The Morgan fingerprint density at radius 1 is 1.28 bits per heavy atom. The van der Waals surface area contributed by atoms with E-state index in [1.807, 2.05) is 13.0 Å². The summed E-state index contributed by atoms with van der Waals surface area (Å²) >= 11 is 0. The van der Waals surface area contributed by atoms with Crippen molar-refractivity contribution in [2.45, 2.75) is 52.6 Å². The van der Waals surface area contributed by atoms with Gasteiger partial charge in [0.25, 0.3) is 5.91 Å². The van der Waals surface area contributed by atoms with Crippen molar-refractivity contribution in [3.63, 3.8) is 0 Å². The number of piperidine rings is 1. The first-order chi connectivity index (χ1) is 13.7. The van der Waals surface area contributed by atoms with Crippen LogP contribution in [0.3, 0.4) is 0 Å². The monoisotopic (exact) mass is 397 g/mol. The number of primary amides is 1. The highest BCUT2D eigenvalue weighted by atomic mass is 16.3. The number of aryl methyl sites for hydroxylation is 1. The molecule has 2 aliphatic rings. The van der Waals surface area contributed by atoms with E-state index in [0.717, 1.165) is 12.1 Å². The van der Waals surface area contributed by atoms with Gasteiger partial charge in [-0.3, -0.25) is 9.59 Å². The Morgan fingerprint density at radius 2 is 1.97 bits per heavy atom. The molecule has 0 bridgehead atoms. The fraction of sp³-hybridized carbons (Fsp3) is 0.524. The van der Waals surface area contributed by atoms with Gasteiger partial charge in [-0.2, -0.15) is 5.10 Å².